The first-order valence-electron chi connectivity index (χ1n) is 6.33. The third-order valence-corrected chi connectivity index (χ3v) is 3.34. The number of nitrogens with zero attached hydrogens (tertiary/aromatic N) is 2. The fraction of sp³-hybridized carbons (Fsp3) is 0.143. The topological polar surface area (TPSA) is 98.3 Å². The van der Waals surface area contributed by atoms with Gasteiger partial charge in [0.25, 0.3) is 11.4 Å². The number of halogens is 1. The summed E-state index contributed by atoms with van der Waals surface area (Å²) in [5.74, 6) is 0. The molecule has 22 heavy (non-hydrogen) atoms. The zero-order valence-electron chi connectivity index (χ0n) is 11.5. The average Bonchev–Trinajstić information content (AvgIpc) is 2.47. The Kier molecular flexibility index (Phi) is 4.57. The summed E-state index contributed by atoms with van der Waals surface area (Å²) in [6.45, 7) is 1.82. The largest absolute Gasteiger partial charge is 0.373 e. The van der Waals surface area contributed by atoms with E-state index in [-0.39, 0.29) is 23.1 Å². The fourth-order valence-electron chi connectivity index (χ4n) is 2.00. The highest BCUT2D eigenvalue weighted by Crippen LogP contribution is 2.32. The van der Waals surface area contributed by atoms with E-state index in [0.717, 1.165) is 11.6 Å². The number of anilines is 1. The van der Waals surface area contributed by atoms with Gasteiger partial charge in [0.2, 0.25) is 0 Å². The molecule has 0 aromatic heterocycles. The van der Waals surface area contributed by atoms with Gasteiger partial charge in [-0.15, -0.1) is 0 Å². The number of benzene rings is 2. The van der Waals surface area contributed by atoms with Crippen molar-refractivity contribution < 1.29 is 9.85 Å². The highest BCUT2D eigenvalue weighted by atomic mass is 35.5. The van der Waals surface area contributed by atoms with Gasteiger partial charge in [0.15, 0.2) is 0 Å². The molecular weight excluding hydrogens is 310 g/mol. The Morgan fingerprint density at radius 3 is 2.41 bits per heavy atom. The Morgan fingerprint density at radius 2 is 1.82 bits per heavy atom. The van der Waals surface area contributed by atoms with Crippen molar-refractivity contribution in [3.63, 3.8) is 0 Å². The SMILES string of the molecule is CC(Nc1ccc([N+](=O)[O-])cc1[N+](=O)[O-])c1cccc(Cl)c1. The molecule has 0 bridgehead atoms. The lowest BCUT2D eigenvalue weighted by Crippen LogP contribution is -2.08. The lowest BCUT2D eigenvalue weighted by atomic mass is 10.1. The number of nitro benzene ring substituents is 2. The van der Waals surface area contributed by atoms with E-state index in [9.17, 15) is 20.2 Å². The Labute approximate surface area is 130 Å². The van der Waals surface area contributed by atoms with Crippen LogP contribution in [0.3, 0.4) is 0 Å². The molecule has 0 heterocycles. The summed E-state index contributed by atoms with van der Waals surface area (Å²) < 4.78 is 0. The van der Waals surface area contributed by atoms with Gasteiger partial charge >= 0.3 is 0 Å². The Bertz CT molecular complexity index is 736. The maximum Gasteiger partial charge on any atom is 0.299 e. The molecule has 0 amide bonds. The summed E-state index contributed by atoms with van der Waals surface area (Å²) in [4.78, 5) is 20.5. The van der Waals surface area contributed by atoms with Gasteiger partial charge in [-0.3, -0.25) is 20.2 Å². The normalized spacial score (nSPS) is 11.7. The maximum atomic E-state index is 11.1. The molecule has 1 unspecified atom stereocenters. The van der Waals surface area contributed by atoms with E-state index in [1.54, 1.807) is 18.2 Å². The lowest BCUT2D eigenvalue weighted by Gasteiger charge is -2.16. The molecule has 0 fully saturated rings. The first-order chi connectivity index (χ1) is 10.4. The van der Waals surface area contributed by atoms with Crippen LogP contribution in [-0.2, 0) is 0 Å². The summed E-state index contributed by atoms with van der Waals surface area (Å²) in [7, 11) is 0. The molecule has 0 aliphatic carbocycles. The predicted octanol–water partition coefficient (Wildman–Crippen LogP) is 4.33. The standard InChI is InChI=1S/C14H12ClN3O4/c1-9(10-3-2-4-11(15)7-10)16-13-6-5-12(17(19)20)8-14(13)18(21)22/h2-9,16H,1H3. The van der Waals surface area contributed by atoms with E-state index < -0.39 is 9.85 Å². The molecule has 0 radical (unpaired) electrons. The van der Waals surface area contributed by atoms with Gasteiger partial charge < -0.3 is 5.32 Å². The van der Waals surface area contributed by atoms with Crippen LogP contribution in [0.15, 0.2) is 42.5 Å². The highest BCUT2D eigenvalue weighted by molar-refractivity contribution is 6.30. The second-order valence-corrected chi connectivity index (χ2v) is 5.07. The molecule has 2 rings (SSSR count). The smallest absolute Gasteiger partial charge is 0.299 e. The van der Waals surface area contributed by atoms with Crippen molar-refractivity contribution in [3.8, 4) is 0 Å². The maximum absolute atomic E-state index is 11.1. The number of hydrogen-bond donors (Lipinski definition) is 1. The fourth-order valence-corrected chi connectivity index (χ4v) is 2.20. The van der Waals surface area contributed by atoms with E-state index in [1.807, 2.05) is 13.0 Å². The molecule has 7 nitrogen and oxygen atoms in total. The third kappa shape index (κ3) is 3.50. The van der Waals surface area contributed by atoms with Crippen LogP contribution in [0.4, 0.5) is 17.1 Å². The van der Waals surface area contributed by atoms with Crippen LogP contribution in [0.5, 0.6) is 0 Å². The van der Waals surface area contributed by atoms with Crippen LogP contribution in [0.2, 0.25) is 5.02 Å². The van der Waals surface area contributed by atoms with Crippen molar-refractivity contribution in [1.82, 2.24) is 0 Å². The van der Waals surface area contributed by atoms with Gasteiger partial charge in [-0.05, 0) is 30.7 Å². The zero-order valence-corrected chi connectivity index (χ0v) is 12.3. The van der Waals surface area contributed by atoms with Crippen molar-refractivity contribution >= 4 is 28.7 Å². The van der Waals surface area contributed by atoms with Crippen molar-refractivity contribution in [1.29, 1.82) is 0 Å². The third-order valence-electron chi connectivity index (χ3n) is 3.11. The minimum atomic E-state index is -0.669. The van der Waals surface area contributed by atoms with Crippen LogP contribution in [0.1, 0.15) is 18.5 Å². The average molecular weight is 322 g/mol. The van der Waals surface area contributed by atoms with E-state index >= 15 is 0 Å². The first kappa shape index (κ1) is 15.7. The van der Waals surface area contributed by atoms with E-state index in [1.165, 1.54) is 12.1 Å². The molecule has 1 atom stereocenters. The summed E-state index contributed by atoms with van der Waals surface area (Å²) in [6.07, 6.45) is 0. The van der Waals surface area contributed by atoms with Gasteiger partial charge in [-0.2, -0.15) is 0 Å². The van der Waals surface area contributed by atoms with E-state index in [0.29, 0.717) is 5.02 Å². The van der Waals surface area contributed by atoms with Gasteiger partial charge in [0.1, 0.15) is 5.69 Å². The minimum Gasteiger partial charge on any atom is -0.373 e. The van der Waals surface area contributed by atoms with Gasteiger partial charge in [-0.1, -0.05) is 23.7 Å². The van der Waals surface area contributed by atoms with Crippen LogP contribution in [0.25, 0.3) is 0 Å². The van der Waals surface area contributed by atoms with Crippen molar-refractivity contribution in [3.05, 3.63) is 73.3 Å². The summed E-state index contributed by atoms with van der Waals surface area (Å²) >= 11 is 5.92. The molecule has 0 spiro atoms. The monoisotopic (exact) mass is 321 g/mol. The molecule has 2 aromatic carbocycles. The van der Waals surface area contributed by atoms with Gasteiger partial charge in [-0.25, -0.2) is 0 Å². The second-order valence-electron chi connectivity index (χ2n) is 4.64. The van der Waals surface area contributed by atoms with Crippen LogP contribution < -0.4 is 5.32 Å². The van der Waals surface area contributed by atoms with E-state index in [4.69, 9.17) is 11.6 Å². The van der Waals surface area contributed by atoms with Crippen molar-refractivity contribution in [2.75, 3.05) is 5.32 Å². The lowest BCUT2D eigenvalue weighted by molar-refractivity contribution is -0.393. The number of non-ortho nitro benzene ring substituents is 1. The first-order valence-corrected chi connectivity index (χ1v) is 6.71. The number of nitrogens with one attached hydrogen (secondary N) is 1. The molecule has 114 valence electrons. The van der Waals surface area contributed by atoms with Crippen LogP contribution >= 0.6 is 11.6 Å². The molecular formula is C14H12ClN3O4. The number of nitro groups is 2. The summed E-state index contributed by atoms with van der Waals surface area (Å²) in [6, 6.07) is 10.3. The summed E-state index contributed by atoms with van der Waals surface area (Å²) in [5.41, 5.74) is 0.388. The second kappa shape index (κ2) is 6.40. The minimum absolute atomic E-state index is 0.211. The van der Waals surface area contributed by atoms with Crippen molar-refractivity contribution in [2.45, 2.75) is 13.0 Å². The number of rotatable bonds is 5. The molecule has 1 N–H and O–H groups in total. The predicted molar refractivity (Wildman–Crippen MR) is 83.2 cm³/mol. The Balaban J connectivity index is 2.32. The molecule has 0 saturated heterocycles. The van der Waals surface area contributed by atoms with Gasteiger partial charge in [0.05, 0.1) is 15.9 Å². The van der Waals surface area contributed by atoms with Crippen molar-refractivity contribution in [2.24, 2.45) is 0 Å². The summed E-state index contributed by atoms with van der Waals surface area (Å²) in [5, 5.41) is 25.3. The quantitative estimate of drug-likeness (QED) is 0.652. The molecule has 0 aliphatic heterocycles. The molecule has 2 aromatic rings. The molecule has 0 saturated carbocycles. The van der Waals surface area contributed by atoms with Crippen LogP contribution in [0, 0.1) is 20.2 Å². The Hall–Kier alpha value is -2.67. The van der Waals surface area contributed by atoms with Gasteiger partial charge in [0, 0.05) is 17.1 Å². The van der Waals surface area contributed by atoms with E-state index in [2.05, 4.69) is 5.32 Å². The zero-order chi connectivity index (χ0) is 16.3. The molecule has 0 aliphatic rings. The number of hydrogen-bond acceptors (Lipinski definition) is 5. The van der Waals surface area contributed by atoms with Crippen LogP contribution in [-0.4, -0.2) is 9.85 Å². The molecule has 8 heteroatoms. The Morgan fingerprint density at radius 1 is 1.09 bits per heavy atom. The highest BCUT2D eigenvalue weighted by Gasteiger charge is 2.20.